The van der Waals surface area contributed by atoms with Crippen LogP contribution in [0.2, 0.25) is 0 Å². The van der Waals surface area contributed by atoms with Gasteiger partial charge in [-0.3, -0.25) is 0 Å². The Bertz CT molecular complexity index is 3720. The molecule has 0 aliphatic carbocycles. The maximum absolute atomic E-state index is 2.48. The highest BCUT2D eigenvalue weighted by molar-refractivity contribution is 6.11. The zero-order chi connectivity index (χ0) is 45.2. The van der Waals surface area contributed by atoms with Gasteiger partial charge in [-0.05, 0) is 98.1 Å². The lowest BCUT2D eigenvalue weighted by Gasteiger charge is -2.29. The first-order valence-electron chi connectivity index (χ1n) is 23.3. The largest absolute Gasteiger partial charge is 0.310 e. The number of rotatable bonds is 10. The molecule has 0 unspecified atom stereocenters. The number of aromatic nitrogens is 1. The minimum absolute atomic E-state index is 1.06. The van der Waals surface area contributed by atoms with Crippen LogP contribution in [-0.4, -0.2) is 4.57 Å². The van der Waals surface area contributed by atoms with Crippen LogP contribution >= 0.6 is 0 Å². The zero-order valence-corrected chi connectivity index (χ0v) is 37.5. The van der Waals surface area contributed by atoms with Crippen molar-refractivity contribution in [3.8, 4) is 72.4 Å². The number of para-hydroxylation sites is 3. The lowest BCUT2D eigenvalue weighted by Crippen LogP contribution is -2.12. The summed E-state index contributed by atoms with van der Waals surface area (Å²) in [6, 6.07) is 101. The van der Waals surface area contributed by atoms with E-state index in [1.54, 1.807) is 0 Å². The third-order valence-electron chi connectivity index (χ3n) is 13.2. The minimum atomic E-state index is 1.06. The molecule has 0 aliphatic rings. The maximum Gasteiger partial charge on any atom is 0.0562 e. The molecule has 0 fully saturated rings. The zero-order valence-electron chi connectivity index (χ0n) is 37.5. The van der Waals surface area contributed by atoms with E-state index in [0.717, 1.165) is 44.9 Å². The molecule has 68 heavy (non-hydrogen) atoms. The Hall–Kier alpha value is -8.98. The van der Waals surface area contributed by atoms with Gasteiger partial charge in [0.25, 0.3) is 0 Å². The van der Waals surface area contributed by atoms with Crippen LogP contribution in [0.4, 0.5) is 17.1 Å². The van der Waals surface area contributed by atoms with Gasteiger partial charge in [0, 0.05) is 33.3 Å². The van der Waals surface area contributed by atoms with E-state index in [1.165, 1.54) is 66.4 Å². The molecule has 0 aliphatic heterocycles. The van der Waals surface area contributed by atoms with Crippen molar-refractivity contribution >= 4 is 38.9 Å². The smallest absolute Gasteiger partial charge is 0.0562 e. The van der Waals surface area contributed by atoms with Gasteiger partial charge in [0.2, 0.25) is 0 Å². The molecule has 0 atom stereocenters. The van der Waals surface area contributed by atoms with Crippen LogP contribution in [0.15, 0.2) is 279 Å². The van der Waals surface area contributed by atoms with E-state index >= 15 is 0 Å². The lowest BCUT2D eigenvalue weighted by molar-refractivity contribution is 1.18. The van der Waals surface area contributed by atoms with E-state index in [4.69, 9.17) is 0 Å². The summed E-state index contributed by atoms with van der Waals surface area (Å²) >= 11 is 0. The van der Waals surface area contributed by atoms with Crippen LogP contribution in [0.5, 0.6) is 0 Å². The molecule has 0 saturated carbocycles. The predicted octanol–water partition coefficient (Wildman–Crippen LogP) is 18.3. The number of benzene rings is 11. The van der Waals surface area contributed by atoms with Crippen molar-refractivity contribution in [3.63, 3.8) is 0 Å². The van der Waals surface area contributed by atoms with Crippen LogP contribution in [-0.2, 0) is 0 Å². The van der Waals surface area contributed by atoms with Gasteiger partial charge in [0.15, 0.2) is 0 Å². The molecule has 2 nitrogen and oxygen atoms in total. The third-order valence-corrected chi connectivity index (χ3v) is 13.2. The molecule has 0 bridgehead atoms. The van der Waals surface area contributed by atoms with Crippen LogP contribution in [0.25, 0.3) is 94.3 Å². The van der Waals surface area contributed by atoms with Gasteiger partial charge < -0.3 is 9.47 Å². The van der Waals surface area contributed by atoms with Gasteiger partial charge in [-0.15, -0.1) is 0 Å². The van der Waals surface area contributed by atoms with Crippen LogP contribution in [0, 0.1) is 0 Å². The predicted molar refractivity (Wildman–Crippen MR) is 288 cm³/mol. The fourth-order valence-electron chi connectivity index (χ4n) is 10.1. The van der Waals surface area contributed by atoms with Gasteiger partial charge in [-0.2, -0.15) is 0 Å². The minimum Gasteiger partial charge on any atom is -0.310 e. The Balaban J connectivity index is 1.13. The second-order valence-corrected chi connectivity index (χ2v) is 17.2. The number of nitrogens with zero attached hydrogens (tertiary/aromatic N) is 2. The van der Waals surface area contributed by atoms with Gasteiger partial charge in [0.05, 0.1) is 22.4 Å². The average molecular weight is 867 g/mol. The molecular weight excluding hydrogens is 821 g/mol. The SMILES string of the molecule is c1ccc(-c2ccccc2-c2ccc(-c3ccccc3-c3ccccc3)c(N(c3ccccc3)c3ccc4c5ccccc5n(-c5ccccc5-c5ccccc5-c5ccccc5)c4c3)c2)cc1. The van der Waals surface area contributed by atoms with Crippen molar-refractivity contribution < 1.29 is 0 Å². The van der Waals surface area contributed by atoms with Gasteiger partial charge in [-0.25, -0.2) is 0 Å². The highest BCUT2D eigenvalue weighted by atomic mass is 15.1. The molecule has 320 valence electrons. The molecule has 0 amide bonds. The van der Waals surface area contributed by atoms with Gasteiger partial charge in [0.1, 0.15) is 0 Å². The summed E-state index contributed by atoms with van der Waals surface area (Å²) in [5.74, 6) is 0. The van der Waals surface area contributed by atoms with E-state index in [0.29, 0.717) is 0 Å². The third kappa shape index (κ3) is 7.35. The molecule has 12 aromatic rings. The molecule has 12 rings (SSSR count). The van der Waals surface area contributed by atoms with Crippen LogP contribution < -0.4 is 4.90 Å². The van der Waals surface area contributed by atoms with Crippen molar-refractivity contribution in [1.82, 2.24) is 4.57 Å². The molecule has 1 heterocycles. The Morgan fingerprint density at radius 3 is 1.25 bits per heavy atom. The molecule has 0 spiro atoms. The van der Waals surface area contributed by atoms with E-state index in [9.17, 15) is 0 Å². The Kier molecular flexibility index (Phi) is 10.6. The summed E-state index contributed by atoms with van der Waals surface area (Å²) in [6.07, 6.45) is 0. The molecule has 0 saturated heterocycles. The lowest BCUT2D eigenvalue weighted by atomic mass is 9.89. The normalized spacial score (nSPS) is 11.2. The summed E-state index contributed by atoms with van der Waals surface area (Å²) in [4.78, 5) is 2.46. The quantitative estimate of drug-likeness (QED) is 0.133. The van der Waals surface area contributed by atoms with Crippen molar-refractivity contribution in [2.45, 2.75) is 0 Å². The summed E-state index contributed by atoms with van der Waals surface area (Å²) in [5, 5.41) is 2.41. The Morgan fingerprint density at radius 1 is 0.235 bits per heavy atom. The van der Waals surface area contributed by atoms with Crippen molar-refractivity contribution in [3.05, 3.63) is 279 Å². The topological polar surface area (TPSA) is 8.17 Å². The maximum atomic E-state index is 2.48. The molecule has 1 aromatic heterocycles. The molecular formula is C66H46N2. The first kappa shape index (κ1) is 40.5. The van der Waals surface area contributed by atoms with Crippen LogP contribution in [0.1, 0.15) is 0 Å². The van der Waals surface area contributed by atoms with E-state index in [-0.39, 0.29) is 0 Å². The Morgan fingerprint density at radius 2 is 0.662 bits per heavy atom. The van der Waals surface area contributed by atoms with Gasteiger partial charge in [-0.1, -0.05) is 237 Å². The van der Waals surface area contributed by atoms with Crippen LogP contribution in [0.3, 0.4) is 0 Å². The average Bonchev–Trinajstić information content (AvgIpc) is 3.75. The second-order valence-electron chi connectivity index (χ2n) is 17.2. The summed E-state index contributed by atoms with van der Waals surface area (Å²) in [5.41, 5.74) is 20.8. The Labute approximate surface area is 397 Å². The second kappa shape index (κ2) is 17.8. The molecule has 11 aromatic carbocycles. The summed E-state index contributed by atoms with van der Waals surface area (Å²) < 4.78 is 2.48. The fourth-order valence-corrected chi connectivity index (χ4v) is 10.1. The number of fused-ring (bicyclic) bond motifs is 3. The standard InChI is InChI=1S/C66H46N2/c1-5-23-47(24-6-1)53-31-13-14-34-56(53)50-41-43-61(58-36-18-16-33-55(58)49-27-9-3-10-28-49)65(45-50)67(51-29-11-4-12-30-51)52-42-44-62-60-38-20-22-40-64(60)68(66(62)46-52)63-39-21-19-37-59(63)57-35-17-15-32-54(57)48-25-7-2-8-26-48/h1-46H. The highest BCUT2D eigenvalue weighted by Gasteiger charge is 2.24. The molecule has 0 N–H and O–H groups in total. The monoisotopic (exact) mass is 866 g/mol. The van der Waals surface area contributed by atoms with E-state index in [2.05, 4.69) is 289 Å². The van der Waals surface area contributed by atoms with Crippen molar-refractivity contribution in [2.24, 2.45) is 0 Å². The van der Waals surface area contributed by atoms with Crippen molar-refractivity contribution in [2.75, 3.05) is 4.90 Å². The van der Waals surface area contributed by atoms with E-state index < -0.39 is 0 Å². The summed E-state index contributed by atoms with van der Waals surface area (Å²) in [7, 11) is 0. The highest BCUT2D eigenvalue weighted by Crippen LogP contribution is 2.48. The van der Waals surface area contributed by atoms with Crippen molar-refractivity contribution in [1.29, 1.82) is 0 Å². The molecule has 2 heteroatoms. The number of hydrogen-bond donors (Lipinski definition) is 0. The van der Waals surface area contributed by atoms with E-state index in [1.807, 2.05) is 0 Å². The van der Waals surface area contributed by atoms with Gasteiger partial charge >= 0.3 is 0 Å². The first-order valence-corrected chi connectivity index (χ1v) is 23.3. The summed E-state index contributed by atoms with van der Waals surface area (Å²) in [6.45, 7) is 0. The number of anilines is 3. The number of hydrogen-bond acceptors (Lipinski definition) is 1. The first-order chi connectivity index (χ1) is 33.8. The molecule has 0 radical (unpaired) electrons. The fraction of sp³-hybridized carbons (Fsp3) is 0.